The molecule has 0 aliphatic heterocycles. The van der Waals surface area contributed by atoms with Crippen LogP contribution >= 0.6 is 11.8 Å². The van der Waals surface area contributed by atoms with Crippen LogP contribution in [0.4, 0.5) is 5.95 Å². The first kappa shape index (κ1) is 9.01. The van der Waals surface area contributed by atoms with Gasteiger partial charge in [0, 0.05) is 6.20 Å². The summed E-state index contributed by atoms with van der Waals surface area (Å²) in [5.41, 5.74) is 6.52. The number of aryl methyl sites for hydroxylation is 1. The minimum Gasteiger partial charge on any atom is -0.368 e. The van der Waals surface area contributed by atoms with E-state index < -0.39 is 0 Å². The first-order chi connectivity index (χ1) is 6.74. The smallest absolute Gasteiger partial charge is 0.216 e. The van der Waals surface area contributed by atoms with Gasteiger partial charge >= 0.3 is 0 Å². The van der Waals surface area contributed by atoms with Gasteiger partial charge in [0.15, 0.2) is 0 Å². The second kappa shape index (κ2) is 3.67. The lowest BCUT2D eigenvalue weighted by Gasteiger charge is -1.95. The van der Waals surface area contributed by atoms with Crippen LogP contribution in [0.2, 0.25) is 0 Å². The summed E-state index contributed by atoms with van der Waals surface area (Å²) in [4.78, 5) is 8.17. The molecule has 3 N–H and O–H groups in total. The summed E-state index contributed by atoms with van der Waals surface area (Å²) in [7, 11) is 0. The van der Waals surface area contributed by atoms with Crippen molar-refractivity contribution in [2.45, 2.75) is 17.1 Å². The molecule has 2 aromatic heterocycles. The van der Waals surface area contributed by atoms with Gasteiger partial charge in [-0.25, -0.2) is 10.1 Å². The highest BCUT2D eigenvalue weighted by Gasteiger charge is 2.03. The molecule has 0 radical (unpaired) electrons. The lowest BCUT2D eigenvalue weighted by Crippen LogP contribution is -1.85. The van der Waals surface area contributed by atoms with E-state index in [9.17, 15) is 0 Å². The molecule has 0 aliphatic carbocycles. The number of H-pyrrole nitrogens is 1. The Kier molecular flexibility index (Phi) is 2.36. The molecule has 2 rings (SSSR count). The molecule has 14 heavy (non-hydrogen) atoms. The minimum absolute atomic E-state index is 0.319. The molecule has 2 heterocycles. The van der Waals surface area contributed by atoms with Crippen LogP contribution in [0.1, 0.15) is 5.56 Å². The minimum atomic E-state index is 0.319. The van der Waals surface area contributed by atoms with Crippen LogP contribution in [0.5, 0.6) is 0 Å². The first-order valence-electron chi connectivity index (χ1n) is 4.02. The zero-order valence-corrected chi connectivity index (χ0v) is 8.38. The lowest BCUT2D eigenvalue weighted by atomic mass is 10.3. The third kappa shape index (κ3) is 2.02. The molecule has 0 aromatic carbocycles. The van der Waals surface area contributed by atoms with Crippen molar-refractivity contribution >= 4 is 17.7 Å². The van der Waals surface area contributed by atoms with Gasteiger partial charge in [-0.3, -0.25) is 0 Å². The fraction of sp³-hybridized carbons (Fsp3) is 0.125. The molecule has 0 saturated heterocycles. The van der Waals surface area contributed by atoms with Crippen LogP contribution in [0, 0.1) is 6.92 Å². The van der Waals surface area contributed by atoms with E-state index in [-0.39, 0.29) is 0 Å². The van der Waals surface area contributed by atoms with Crippen LogP contribution < -0.4 is 5.73 Å². The van der Waals surface area contributed by atoms with Gasteiger partial charge < -0.3 is 5.73 Å². The van der Waals surface area contributed by atoms with E-state index in [1.165, 1.54) is 11.8 Å². The number of rotatable bonds is 2. The summed E-state index contributed by atoms with van der Waals surface area (Å²) in [5, 5.41) is 7.90. The van der Waals surface area contributed by atoms with Crippen molar-refractivity contribution in [3.05, 3.63) is 23.9 Å². The van der Waals surface area contributed by atoms with Gasteiger partial charge in [0.1, 0.15) is 5.03 Å². The number of nitrogens with one attached hydrogen (secondary N) is 1. The van der Waals surface area contributed by atoms with E-state index in [1.807, 2.05) is 19.1 Å². The number of aromatic nitrogens is 4. The van der Waals surface area contributed by atoms with Crippen molar-refractivity contribution in [1.82, 2.24) is 20.2 Å². The maximum Gasteiger partial charge on any atom is 0.216 e. The second-order valence-corrected chi connectivity index (χ2v) is 3.77. The normalized spacial score (nSPS) is 10.4. The first-order valence-corrected chi connectivity index (χ1v) is 4.84. The van der Waals surface area contributed by atoms with Gasteiger partial charge in [-0.05, 0) is 30.3 Å². The van der Waals surface area contributed by atoms with Crippen LogP contribution in [-0.2, 0) is 0 Å². The SMILES string of the molecule is Cc1ccc(Sc2n[nH]c(N)n2)nc1. The third-order valence-corrected chi connectivity index (χ3v) is 2.38. The largest absolute Gasteiger partial charge is 0.368 e. The second-order valence-electron chi connectivity index (χ2n) is 2.78. The van der Waals surface area contributed by atoms with Gasteiger partial charge in [-0.15, -0.1) is 5.10 Å². The van der Waals surface area contributed by atoms with Crippen molar-refractivity contribution in [3.8, 4) is 0 Å². The summed E-state index contributed by atoms with van der Waals surface area (Å²) in [5.74, 6) is 0.319. The van der Waals surface area contributed by atoms with Crippen LogP contribution in [0.15, 0.2) is 28.5 Å². The van der Waals surface area contributed by atoms with Crippen LogP contribution in [0.3, 0.4) is 0 Å². The number of nitrogens with two attached hydrogens (primary N) is 1. The molecule has 0 aliphatic rings. The van der Waals surface area contributed by atoms with E-state index in [1.54, 1.807) is 6.20 Å². The summed E-state index contributed by atoms with van der Waals surface area (Å²) in [6.07, 6.45) is 1.80. The van der Waals surface area contributed by atoms with E-state index in [2.05, 4.69) is 20.2 Å². The summed E-state index contributed by atoms with van der Waals surface area (Å²) < 4.78 is 0. The van der Waals surface area contributed by atoms with Crippen molar-refractivity contribution in [2.24, 2.45) is 0 Å². The predicted octanol–water partition coefficient (Wildman–Crippen LogP) is 1.24. The van der Waals surface area contributed by atoms with Crippen LogP contribution in [-0.4, -0.2) is 20.2 Å². The number of aromatic amines is 1. The van der Waals surface area contributed by atoms with Crippen molar-refractivity contribution < 1.29 is 0 Å². The molecule has 0 saturated carbocycles. The fourth-order valence-corrected chi connectivity index (χ4v) is 1.58. The Balaban J connectivity index is 2.15. The maximum absolute atomic E-state index is 5.39. The monoisotopic (exact) mass is 207 g/mol. The molecule has 0 spiro atoms. The molecule has 0 fully saturated rings. The predicted molar refractivity (Wildman–Crippen MR) is 53.9 cm³/mol. The van der Waals surface area contributed by atoms with E-state index in [4.69, 9.17) is 5.73 Å². The van der Waals surface area contributed by atoms with Gasteiger partial charge in [0.2, 0.25) is 11.1 Å². The van der Waals surface area contributed by atoms with Gasteiger partial charge in [-0.1, -0.05) is 6.07 Å². The third-order valence-electron chi connectivity index (χ3n) is 1.56. The number of hydrogen-bond donors (Lipinski definition) is 2. The number of nitrogens with zero attached hydrogens (tertiary/aromatic N) is 3. The zero-order chi connectivity index (χ0) is 9.97. The molecule has 2 aromatic rings. The Morgan fingerprint density at radius 1 is 1.43 bits per heavy atom. The highest BCUT2D eigenvalue weighted by Crippen LogP contribution is 2.22. The molecule has 72 valence electrons. The molecule has 5 nitrogen and oxygen atoms in total. The highest BCUT2D eigenvalue weighted by atomic mass is 32.2. The fourth-order valence-electron chi connectivity index (χ4n) is 0.912. The molecule has 0 atom stereocenters. The average Bonchev–Trinajstić information content (AvgIpc) is 2.56. The number of nitrogen functional groups attached to an aromatic ring is 1. The standard InChI is InChI=1S/C8H9N5S/c1-5-2-3-6(10-4-5)14-8-11-7(9)12-13-8/h2-4H,1H3,(H3,9,11,12,13). The van der Waals surface area contributed by atoms with Crippen molar-refractivity contribution in [1.29, 1.82) is 0 Å². The number of pyridine rings is 1. The van der Waals surface area contributed by atoms with Gasteiger partial charge in [0.25, 0.3) is 0 Å². The molecule has 6 heteroatoms. The lowest BCUT2D eigenvalue weighted by molar-refractivity contribution is 0.967. The molecular formula is C8H9N5S. The number of hydrogen-bond acceptors (Lipinski definition) is 5. The summed E-state index contributed by atoms with van der Waals surface area (Å²) in [6, 6.07) is 3.91. The molecule has 0 amide bonds. The Bertz CT molecular complexity index is 422. The van der Waals surface area contributed by atoms with Crippen molar-refractivity contribution in [2.75, 3.05) is 5.73 Å². The summed E-state index contributed by atoms with van der Waals surface area (Å²) in [6.45, 7) is 1.99. The highest BCUT2D eigenvalue weighted by molar-refractivity contribution is 7.99. The Morgan fingerprint density at radius 3 is 2.86 bits per heavy atom. The van der Waals surface area contributed by atoms with Crippen LogP contribution in [0.25, 0.3) is 0 Å². The molecular weight excluding hydrogens is 198 g/mol. The van der Waals surface area contributed by atoms with E-state index in [0.29, 0.717) is 11.1 Å². The Hall–Kier alpha value is -1.56. The molecule has 0 unspecified atom stereocenters. The topological polar surface area (TPSA) is 80.5 Å². The number of anilines is 1. The quantitative estimate of drug-likeness (QED) is 0.774. The molecule has 0 bridgehead atoms. The Morgan fingerprint density at radius 2 is 2.29 bits per heavy atom. The zero-order valence-electron chi connectivity index (χ0n) is 7.56. The van der Waals surface area contributed by atoms with Gasteiger partial charge in [0.05, 0.1) is 0 Å². The van der Waals surface area contributed by atoms with Gasteiger partial charge in [-0.2, -0.15) is 4.98 Å². The van der Waals surface area contributed by atoms with E-state index >= 15 is 0 Å². The van der Waals surface area contributed by atoms with E-state index in [0.717, 1.165) is 10.6 Å². The maximum atomic E-state index is 5.39. The van der Waals surface area contributed by atoms with Crippen molar-refractivity contribution in [3.63, 3.8) is 0 Å². The summed E-state index contributed by atoms with van der Waals surface area (Å²) >= 11 is 1.37. The average molecular weight is 207 g/mol. The Labute approximate surface area is 85.2 Å².